The fourth-order valence-electron chi connectivity index (χ4n) is 6.14. The summed E-state index contributed by atoms with van der Waals surface area (Å²) in [5.41, 5.74) is 2.49. The molecule has 1 aliphatic rings. The van der Waals surface area contributed by atoms with E-state index < -0.39 is 29.6 Å². The smallest absolute Gasteiger partial charge is 0.295 e. The molecule has 2 N–H and O–H groups in total. The molecule has 3 aromatic carbocycles. The summed E-state index contributed by atoms with van der Waals surface area (Å²) in [5, 5.41) is 5.95. The molecule has 1 fully saturated rings. The molecule has 1 saturated heterocycles. The van der Waals surface area contributed by atoms with E-state index in [1.807, 2.05) is 36.4 Å². The number of ether oxygens (including phenoxy) is 3. The van der Waals surface area contributed by atoms with Crippen molar-refractivity contribution in [3.05, 3.63) is 89.5 Å². The number of carbonyl (C=O) groups is 4. The number of ketones is 1. The van der Waals surface area contributed by atoms with Crippen LogP contribution in [0.25, 0.3) is 0 Å². The molecule has 0 bridgehead atoms. The molecule has 1 heterocycles. The molecular weight excluding hydrogens is 610 g/mol. The molecule has 4 rings (SSSR count). The number of nitrogens with one attached hydrogen (secondary N) is 2. The lowest BCUT2D eigenvalue weighted by atomic mass is 9.86. The molecule has 0 unspecified atom stereocenters. The van der Waals surface area contributed by atoms with Crippen molar-refractivity contribution in [1.82, 2.24) is 15.5 Å². The first-order valence-electron chi connectivity index (χ1n) is 16.7. The van der Waals surface area contributed by atoms with E-state index in [0.717, 1.165) is 38.5 Å². The van der Waals surface area contributed by atoms with Crippen LogP contribution in [0.15, 0.2) is 72.8 Å². The molecule has 48 heavy (non-hydrogen) atoms. The zero-order chi connectivity index (χ0) is 34.3. The maximum Gasteiger partial charge on any atom is 0.295 e. The van der Waals surface area contributed by atoms with Gasteiger partial charge in [-0.25, -0.2) is 0 Å². The number of aryl methyl sites for hydroxylation is 2. The minimum atomic E-state index is -1.13. The van der Waals surface area contributed by atoms with Gasteiger partial charge in [-0.1, -0.05) is 60.7 Å². The molecule has 0 spiro atoms. The molecule has 3 amide bonds. The Morgan fingerprint density at radius 1 is 0.708 bits per heavy atom. The third-order valence-electron chi connectivity index (χ3n) is 8.69. The average Bonchev–Trinajstić information content (AvgIpc) is 3.13. The van der Waals surface area contributed by atoms with E-state index in [1.165, 1.54) is 49.5 Å². The average molecular weight is 658 g/mol. The molecule has 10 nitrogen and oxygen atoms in total. The summed E-state index contributed by atoms with van der Waals surface area (Å²) >= 11 is 0. The van der Waals surface area contributed by atoms with Crippen LogP contribution in [0.5, 0.6) is 17.2 Å². The molecule has 0 aliphatic carbocycles. The predicted octanol–water partition coefficient (Wildman–Crippen LogP) is 4.78. The molecule has 3 aromatic rings. The van der Waals surface area contributed by atoms with E-state index >= 15 is 0 Å². The van der Waals surface area contributed by atoms with Crippen molar-refractivity contribution in [3.8, 4) is 17.2 Å². The van der Waals surface area contributed by atoms with Crippen molar-refractivity contribution in [1.29, 1.82) is 0 Å². The number of Topliss-reactive ketones (excluding diaryl/α,β-unsaturated/α-hetero) is 1. The van der Waals surface area contributed by atoms with Gasteiger partial charge in [-0.3, -0.25) is 19.2 Å². The highest BCUT2D eigenvalue weighted by molar-refractivity contribution is 6.43. The summed E-state index contributed by atoms with van der Waals surface area (Å²) in [6, 6.07) is 22.0. The normalized spacial score (nSPS) is 15.7. The van der Waals surface area contributed by atoms with Crippen molar-refractivity contribution < 1.29 is 33.4 Å². The maximum absolute atomic E-state index is 13.9. The molecule has 1 aliphatic heterocycles. The lowest BCUT2D eigenvalue weighted by Crippen LogP contribution is -2.60. The first-order chi connectivity index (χ1) is 23.4. The monoisotopic (exact) mass is 657 g/mol. The summed E-state index contributed by atoms with van der Waals surface area (Å²) < 4.78 is 16.1. The zero-order valence-corrected chi connectivity index (χ0v) is 28.2. The van der Waals surface area contributed by atoms with Gasteiger partial charge in [-0.05, 0) is 74.6 Å². The van der Waals surface area contributed by atoms with Crippen LogP contribution >= 0.6 is 0 Å². The Labute approximate surface area is 283 Å². The molecule has 0 saturated carbocycles. The standard InChI is InChI=1S/C38H47N3O7/c1-46-31-25-29(26-32(47-2)35(31)48-3)34(42)38(45)41-24-14-21-30(36(43)39-22-12-10-19-27-15-6-4-7-16-27)33(41)37(44)40-23-13-11-20-28-17-8-5-9-18-28/h4-9,15-18,25-26,30,33H,10-14,19-24H2,1-3H3,(H,39,43)(H,40,44)/t30-,33+/m1/s1. The van der Waals surface area contributed by atoms with Gasteiger partial charge in [0, 0.05) is 25.2 Å². The summed E-state index contributed by atoms with van der Waals surface area (Å²) in [6.07, 6.45) is 5.94. The van der Waals surface area contributed by atoms with E-state index in [9.17, 15) is 19.2 Å². The Morgan fingerprint density at radius 3 is 1.73 bits per heavy atom. The molecule has 2 atom stereocenters. The number of benzene rings is 3. The van der Waals surface area contributed by atoms with Gasteiger partial charge in [0.15, 0.2) is 11.5 Å². The van der Waals surface area contributed by atoms with Crippen LogP contribution in [0.3, 0.4) is 0 Å². The van der Waals surface area contributed by atoms with Gasteiger partial charge in [-0.15, -0.1) is 0 Å². The third kappa shape index (κ3) is 9.59. The van der Waals surface area contributed by atoms with Crippen LogP contribution < -0.4 is 24.8 Å². The minimum absolute atomic E-state index is 0.0274. The first-order valence-corrected chi connectivity index (χ1v) is 16.7. The van der Waals surface area contributed by atoms with Crippen LogP contribution in [0.1, 0.15) is 60.0 Å². The fraction of sp³-hybridized carbons (Fsp3) is 0.421. The number of hydrogen-bond acceptors (Lipinski definition) is 7. The zero-order valence-electron chi connectivity index (χ0n) is 28.2. The second-order valence-electron chi connectivity index (χ2n) is 11.9. The topological polar surface area (TPSA) is 123 Å². The van der Waals surface area contributed by atoms with Gasteiger partial charge in [-0.2, -0.15) is 0 Å². The quantitative estimate of drug-likeness (QED) is 0.122. The van der Waals surface area contributed by atoms with Gasteiger partial charge < -0.3 is 29.7 Å². The number of nitrogens with zero attached hydrogens (tertiary/aromatic N) is 1. The van der Waals surface area contributed by atoms with Crippen molar-refractivity contribution >= 4 is 23.5 Å². The Morgan fingerprint density at radius 2 is 1.23 bits per heavy atom. The second kappa shape index (κ2) is 18.5. The molecule has 0 radical (unpaired) electrons. The van der Waals surface area contributed by atoms with E-state index in [1.54, 1.807) is 0 Å². The van der Waals surface area contributed by atoms with Crippen LogP contribution in [0, 0.1) is 5.92 Å². The Balaban J connectivity index is 1.46. The van der Waals surface area contributed by atoms with Crippen molar-refractivity contribution in [3.63, 3.8) is 0 Å². The van der Waals surface area contributed by atoms with E-state index in [0.29, 0.717) is 25.9 Å². The molecular formula is C38H47N3O7. The number of hydrogen-bond donors (Lipinski definition) is 2. The highest BCUT2D eigenvalue weighted by atomic mass is 16.5. The van der Waals surface area contributed by atoms with E-state index in [4.69, 9.17) is 14.2 Å². The number of methoxy groups -OCH3 is 3. The summed E-state index contributed by atoms with van der Waals surface area (Å²) in [7, 11) is 4.28. The highest BCUT2D eigenvalue weighted by Crippen LogP contribution is 2.38. The maximum atomic E-state index is 13.9. The fourth-order valence-corrected chi connectivity index (χ4v) is 6.14. The summed E-state index contributed by atoms with van der Waals surface area (Å²) in [4.78, 5) is 56.1. The van der Waals surface area contributed by atoms with Crippen LogP contribution in [-0.2, 0) is 27.2 Å². The summed E-state index contributed by atoms with van der Waals surface area (Å²) in [6.45, 7) is 1.01. The SMILES string of the molecule is COc1cc(C(=O)C(=O)N2CCC[C@@H](C(=O)NCCCCc3ccccc3)[C@H]2C(=O)NCCCCc2ccccc2)cc(OC)c1OC. The Kier molecular flexibility index (Phi) is 13.8. The second-order valence-corrected chi connectivity index (χ2v) is 11.9. The third-order valence-corrected chi connectivity index (χ3v) is 8.69. The predicted molar refractivity (Wildman–Crippen MR) is 183 cm³/mol. The number of rotatable bonds is 17. The van der Waals surface area contributed by atoms with Crippen LogP contribution in [0.2, 0.25) is 0 Å². The number of amides is 3. The molecule has 0 aromatic heterocycles. The van der Waals surface area contributed by atoms with Crippen LogP contribution in [-0.4, -0.2) is 75.4 Å². The van der Waals surface area contributed by atoms with Gasteiger partial charge in [0.25, 0.3) is 11.7 Å². The lowest BCUT2D eigenvalue weighted by Gasteiger charge is -2.39. The van der Waals surface area contributed by atoms with Gasteiger partial charge in [0.1, 0.15) is 6.04 Å². The van der Waals surface area contributed by atoms with Gasteiger partial charge in [0.05, 0.1) is 27.2 Å². The number of piperidine rings is 1. The number of carbonyl (C=O) groups excluding carboxylic acids is 4. The molecule has 10 heteroatoms. The van der Waals surface area contributed by atoms with Gasteiger partial charge in [0.2, 0.25) is 17.6 Å². The Hall–Kier alpha value is -4.86. The van der Waals surface area contributed by atoms with Crippen molar-refractivity contribution in [2.24, 2.45) is 5.92 Å². The highest BCUT2D eigenvalue weighted by Gasteiger charge is 2.44. The Bertz CT molecular complexity index is 1490. The molecule has 256 valence electrons. The number of likely N-dealkylation sites (tertiary alicyclic amines) is 1. The van der Waals surface area contributed by atoms with Crippen molar-refractivity contribution in [2.75, 3.05) is 41.0 Å². The lowest BCUT2D eigenvalue weighted by molar-refractivity contribution is -0.146. The van der Waals surface area contributed by atoms with E-state index in [-0.39, 0.29) is 35.3 Å². The first kappa shape index (κ1) is 36.0. The summed E-state index contributed by atoms with van der Waals surface area (Å²) in [5.74, 6) is -2.50. The largest absolute Gasteiger partial charge is 0.493 e. The van der Waals surface area contributed by atoms with Crippen LogP contribution in [0.4, 0.5) is 0 Å². The number of unbranched alkanes of at least 4 members (excludes halogenated alkanes) is 2. The van der Waals surface area contributed by atoms with Crippen molar-refractivity contribution in [2.45, 2.75) is 57.4 Å². The van der Waals surface area contributed by atoms with Gasteiger partial charge >= 0.3 is 0 Å². The van der Waals surface area contributed by atoms with E-state index in [2.05, 4.69) is 34.9 Å². The minimum Gasteiger partial charge on any atom is -0.493 e.